The molecule has 2 rings (SSSR count). The molecule has 0 amide bonds. The van der Waals surface area contributed by atoms with Gasteiger partial charge in [0.15, 0.2) is 4.90 Å². The highest BCUT2D eigenvalue weighted by Crippen LogP contribution is 2.28. The van der Waals surface area contributed by atoms with E-state index < -0.39 is 25.5 Å². The van der Waals surface area contributed by atoms with Crippen LogP contribution in [0.1, 0.15) is 5.56 Å². The molecular weight excluding hydrogens is 294 g/mol. The number of nitrogen functional groups attached to an aromatic ring is 1. The Balaban J connectivity index is 2.52. The molecule has 0 atom stereocenters. The molecule has 21 heavy (non-hydrogen) atoms. The Labute approximate surface area is 121 Å². The summed E-state index contributed by atoms with van der Waals surface area (Å²) in [6, 6.07) is 10.1. The quantitative estimate of drug-likeness (QED) is 0.511. The summed E-state index contributed by atoms with van der Waals surface area (Å²) in [7, 11) is -4.11. The molecule has 2 aromatic carbocycles. The summed E-state index contributed by atoms with van der Waals surface area (Å²) in [6.45, 7) is 1.73. The van der Waals surface area contributed by atoms with Crippen LogP contribution in [0.3, 0.4) is 0 Å². The summed E-state index contributed by atoms with van der Waals surface area (Å²) >= 11 is 0. The number of anilines is 2. The van der Waals surface area contributed by atoms with E-state index in [4.69, 9.17) is 5.73 Å². The van der Waals surface area contributed by atoms with Crippen LogP contribution in [0.4, 0.5) is 17.1 Å². The first kappa shape index (κ1) is 14.8. The molecule has 2 aromatic rings. The molecule has 0 aromatic heterocycles. The molecular formula is C13H13N3O4S. The lowest BCUT2D eigenvalue weighted by Crippen LogP contribution is -2.15. The first-order valence-corrected chi connectivity index (χ1v) is 7.42. The first-order chi connectivity index (χ1) is 9.81. The van der Waals surface area contributed by atoms with Crippen LogP contribution in [0.25, 0.3) is 0 Å². The Bertz CT molecular complexity index is 803. The van der Waals surface area contributed by atoms with Gasteiger partial charge in [-0.15, -0.1) is 0 Å². The van der Waals surface area contributed by atoms with Gasteiger partial charge in [-0.2, -0.15) is 0 Å². The number of hydrogen-bond acceptors (Lipinski definition) is 5. The van der Waals surface area contributed by atoms with Crippen molar-refractivity contribution in [2.45, 2.75) is 11.8 Å². The zero-order chi connectivity index (χ0) is 15.6. The normalized spacial score (nSPS) is 11.1. The summed E-state index contributed by atoms with van der Waals surface area (Å²) in [6.07, 6.45) is 0. The number of rotatable bonds is 4. The zero-order valence-electron chi connectivity index (χ0n) is 11.1. The molecule has 0 heterocycles. The number of hydrogen-bond donors (Lipinski definition) is 2. The topological polar surface area (TPSA) is 115 Å². The number of nitrogens with one attached hydrogen (secondary N) is 1. The fraction of sp³-hybridized carbons (Fsp3) is 0.0769. The third kappa shape index (κ3) is 3.11. The number of sulfonamides is 1. The second-order valence-electron chi connectivity index (χ2n) is 4.40. The number of aryl methyl sites for hydroxylation is 1. The van der Waals surface area contributed by atoms with E-state index in [-0.39, 0.29) is 5.69 Å². The van der Waals surface area contributed by atoms with E-state index in [0.717, 1.165) is 12.1 Å². The van der Waals surface area contributed by atoms with Crippen LogP contribution in [0, 0.1) is 17.0 Å². The molecule has 0 aliphatic carbocycles. The van der Waals surface area contributed by atoms with Crippen LogP contribution in [0.2, 0.25) is 0 Å². The number of nitro benzene ring substituents is 1. The maximum atomic E-state index is 12.4. The Morgan fingerprint density at radius 1 is 1.19 bits per heavy atom. The predicted molar refractivity (Wildman–Crippen MR) is 79.5 cm³/mol. The highest BCUT2D eigenvalue weighted by Gasteiger charge is 2.26. The highest BCUT2D eigenvalue weighted by atomic mass is 32.2. The third-order valence-electron chi connectivity index (χ3n) is 2.86. The van der Waals surface area contributed by atoms with Gasteiger partial charge >= 0.3 is 0 Å². The fourth-order valence-corrected chi connectivity index (χ4v) is 3.12. The van der Waals surface area contributed by atoms with Crippen LogP contribution < -0.4 is 10.5 Å². The second kappa shape index (κ2) is 5.41. The Kier molecular flexibility index (Phi) is 3.81. The van der Waals surface area contributed by atoms with E-state index in [1.165, 1.54) is 6.07 Å². The van der Waals surface area contributed by atoms with E-state index >= 15 is 0 Å². The molecule has 0 saturated carbocycles. The molecule has 110 valence electrons. The summed E-state index contributed by atoms with van der Waals surface area (Å²) in [4.78, 5) is 9.75. The molecule has 0 unspecified atom stereocenters. The highest BCUT2D eigenvalue weighted by molar-refractivity contribution is 7.92. The molecule has 0 radical (unpaired) electrons. The predicted octanol–water partition coefficient (Wildman–Crippen LogP) is 2.29. The summed E-state index contributed by atoms with van der Waals surface area (Å²) in [5, 5.41) is 11.0. The van der Waals surface area contributed by atoms with Gasteiger partial charge in [0.05, 0.1) is 10.6 Å². The number of nitrogens with two attached hydrogens (primary N) is 1. The molecule has 0 aliphatic rings. The van der Waals surface area contributed by atoms with E-state index in [1.54, 1.807) is 31.2 Å². The van der Waals surface area contributed by atoms with Crippen molar-refractivity contribution in [2.75, 3.05) is 10.5 Å². The van der Waals surface area contributed by atoms with Crippen molar-refractivity contribution in [3.05, 3.63) is 58.1 Å². The van der Waals surface area contributed by atoms with Crippen molar-refractivity contribution in [2.24, 2.45) is 0 Å². The number of nitro groups is 1. The minimum Gasteiger partial charge on any atom is -0.399 e. The standard InChI is InChI=1S/C13H13N3O4S/c1-9-4-2-3-5-11(9)15-21(19,20)13-8-10(14)6-7-12(13)16(17)18/h2-8,15H,14H2,1H3. The number of para-hydroxylation sites is 1. The Hall–Kier alpha value is -2.61. The number of nitrogens with zero attached hydrogens (tertiary/aromatic N) is 1. The lowest BCUT2D eigenvalue weighted by atomic mass is 10.2. The van der Waals surface area contributed by atoms with Crippen LogP contribution in [0.5, 0.6) is 0 Å². The molecule has 3 N–H and O–H groups in total. The molecule has 0 saturated heterocycles. The second-order valence-corrected chi connectivity index (χ2v) is 6.06. The van der Waals surface area contributed by atoms with Crippen molar-refractivity contribution in [3.8, 4) is 0 Å². The smallest absolute Gasteiger partial charge is 0.290 e. The lowest BCUT2D eigenvalue weighted by Gasteiger charge is -2.11. The SMILES string of the molecule is Cc1ccccc1NS(=O)(=O)c1cc(N)ccc1[N+](=O)[O-]. The maximum Gasteiger partial charge on any atom is 0.290 e. The van der Waals surface area contributed by atoms with E-state index in [9.17, 15) is 18.5 Å². The van der Waals surface area contributed by atoms with Crippen LogP contribution in [0.15, 0.2) is 47.4 Å². The average Bonchev–Trinajstić information content (AvgIpc) is 2.41. The van der Waals surface area contributed by atoms with Gasteiger partial charge in [0.1, 0.15) is 0 Å². The van der Waals surface area contributed by atoms with Gasteiger partial charge in [-0.25, -0.2) is 8.42 Å². The zero-order valence-corrected chi connectivity index (χ0v) is 11.9. The Morgan fingerprint density at radius 2 is 1.86 bits per heavy atom. The molecule has 0 aliphatic heterocycles. The molecule has 0 bridgehead atoms. The molecule has 0 fully saturated rings. The van der Waals surface area contributed by atoms with Gasteiger partial charge < -0.3 is 5.73 Å². The van der Waals surface area contributed by atoms with Crippen molar-refractivity contribution in [1.82, 2.24) is 0 Å². The van der Waals surface area contributed by atoms with Crippen molar-refractivity contribution < 1.29 is 13.3 Å². The number of benzene rings is 2. The lowest BCUT2D eigenvalue weighted by molar-refractivity contribution is -0.387. The summed E-state index contributed by atoms with van der Waals surface area (Å²) < 4.78 is 27.1. The van der Waals surface area contributed by atoms with Crippen molar-refractivity contribution in [3.63, 3.8) is 0 Å². The molecule has 7 nitrogen and oxygen atoms in total. The summed E-state index contributed by atoms with van der Waals surface area (Å²) in [5.74, 6) is 0. The van der Waals surface area contributed by atoms with E-state index in [0.29, 0.717) is 11.3 Å². The average molecular weight is 307 g/mol. The molecule has 0 spiro atoms. The van der Waals surface area contributed by atoms with E-state index in [1.807, 2.05) is 0 Å². The largest absolute Gasteiger partial charge is 0.399 e. The first-order valence-electron chi connectivity index (χ1n) is 5.93. The van der Waals surface area contributed by atoms with E-state index in [2.05, 4.69) is 4.72 Å². The summed E-state index contributed by atoms with van der Waals surface area (Å²) in [5.41, 5.74) is 6.20. The van der Waals surface area contributed by atoms with Gasteiger partial charge in [0, 0.05) is 11.8 Å². The van der Waals surface area contributed by atoms with Gasteiger partial charge in [-0.05, 0) is 30.7 Å². The van der Waals surface area contributed by atoms with Crippen molar-refractivity contribution in [1.29, 1.82) is 0 Å². The van der Waals surface area contributed by atoms with Crippen LogP contribution >= 0.6 is 0 Å². The third-order valence-corrected chi connectivity index (χ3v) is 4.25. The minimum atomic E-state index is -4.11. The van der Waals surface area contributed by atoms with Gasteiger partial charge in [-0.3, -0.25) is 14.8 Å². The van der Waals surface area contributed by atoms with Crippen molar-refractivity contribution >= 4 is 27.1 Å². The maximum absolute atomic E-state index is 12.4. The van der Waals surface area contributed by atoms with Gasteiger partial charge in [0.25, 0.3) is 15.7 Å². The molecule has 8 heteroatoms. The van der Waals surface area contributed by atoms with Crippen LogP contribution in [-0.4, -0.2) is 13.3 Å². The monoisotopic (exact) mass is 307 g/mol. The van der Waals surface area contributed by atoms with Gasteiger partial charge in [0.2, 0.25) is 0 Å². The minimum absolute atomic E-state index is 0.130. The Morgan fingerprint density at radius 3 is 2.48 bits per heavy atom. The van der Waals surface area contributed by atoms with Gasteiger partial charge in [-0.1, -0.05) is 18.2 Å². The fourth-order valence-electron chi connectivity index (χ4n) is 1.78. The van der Waals surface area contributed by atoms with Crippen LogP contribution in [-0.2, 0) is 10.0 Å².